The molecule has 78 valence electrons. The molecule has 0 fully saturated rings. The van der Waals surface area contributed by atoms with Crippen molar-refractivity contribution in [3.05, 3.63) is 12.3 Å². The first-order chi connectivity index (χ1) is 6.22. The molecule has 0 aromatic rings. The molecule has 2 nitrogen and oxygen atoms in total. The molecule has 0 saturated heterocycles. The lowest BCUT2D eigenvalue weighted by molar-refractivity contribution is 0.186. The maximum atomic E-state index is 5.25. The molecule has 0 saturated carbocycles. The minimum Gasteiger partial charge on any atom is -0.501 e. The van der Waals surface area contributed by atoms with Crippen molar-refractivity contribution in [2.75, 3.05) is 19.7 Å². The normalized spacial score (nSPS) is 11.8. The van der Waals surface area contributed by atoms with Gasteiger partial charge in [0.05, 0.1) is 12.9 Å². The third-order valence-corrected chi connectivity index (χ3v) is 2.08. The summed E-state index contributed by atoms with van der Waals surface area (Å²) < 4.78 is 5.25. The van der Waals surface area contributed by atoms with Crippen molar-refractivity contribution in [1.82, 2.24) is 4.90 Å². The molecule has 0 aromatic carbocycles. The second kappa shape index (κ2) is 8.11. The van der Waals surface area contributed by atoms with Crippen molar-refractivity contribution in [3.8, 4) is 0 Å². The number of hydrogen-bond acceptors (Lipinski definition) is 2. The van der Waals surface area contributed by atoms with E-state index in [1.165, 1.54) is 0 Å². The van der Waals surface area contributed by atoms with Crippen molar-refractivity contribution >= 4 is 0 Å². The van der Waals surface area contributed by atoms with E-state index in [2.05, 4.69) is 25.7 Å². The second-order valence-corrected chi connectivity index (χ2v) is 3.42. The Morgan fingerprint density at radius 1 is 1.38 bits per heavy atom. The molecule has 0 aromatic heterocycles. The Bertz CT molecular complexity index is 132. The average Bonchev–Trinajstić information content (AvgIpc) is 2.10. The van der Waals surface area contributed by atoms with Crippen LogP contribution in [0.15, 0.2) is 12.3 Å². The Kier molecular flexibility index (Phi) is 7.80. The van der Waals surface area contributed by atoms with Crippen LogP contribution < -0.4 is 0 Å². The molecule has 2 heteroatoms. The fraction of sp³-hybridized carbons (Fsp3) is 0.818. The summed E-state index contributed by atoms with van der Waals surface area (Å²) in [7, 11) is 0. The molecule has 13 heavy (non-hydrogen) atoms. The van der Waals surface area contributed by atoms with Crippen molar-refractivity contribution < 1.29 is 4.74 Å². The largest absolute Gasteiger partial charge is 0.501 e. The van der Waals surface area contributed by atoms with E-state index in [0.717, 1.165) is 26.1 Å². The van der Waals surface area contributed by atoms with Crippen LogP contribution in [0.4, 0.5) is 0 Å². The minimum atomic E-state index is 0.645. The molecule has 0 atom stereocenters. The molecule has 0 amide bonds. The van der Waals surface area contributed by atoms with Gasteiger partial charge in [-0.25, -0.2) is 0 Å². The highest BCUT2D eigenvalue weighted by Gasteiger charge is 2.04. The smallest absolute Gasteiger partial charge is 0.0885 e. The van der Waals surface area contributed by atoms with Crippen molar-refractivity contribution in [2.24, 2.45) is 0 Å². The number of ether oxygens (including phenoxy) is 1. The van der Waals surface area contributed by atoms with Crippen LogP contribution in [-0.4, -0.2) is 30.6 Å². The van der Waals surface area contributed by atoms with E-state index >= 15 is 0 Å². The van der Waals surface area contributed by atoms with Crippen LogP contribution in [-0.2, 0) is 4.74 Å². The number of hydrogen-bond donors (Lipinski definition) is 0. The summed E-state index contributed by atoms with van der Waals surface area (Å²) in [4.78, 5) is 2.44. The monoisotopic (exact) mass is 185 g/mol. The SMILES string of the molecule is CC=COCCCN(CC)C(C)C. The lowest BCUT2D eigenvalue weighted by Crippen LogP contribution is -2.31. The first-order valence-electron chi connectivity index (χ1n) is 5.19. The van der Waals surface area contributed by atoms with Gasteiger partial charge in [-0.3, -0.25) is 0 Å². The van der Waals surface area contributed by atoms with Gasteiger partial charge < -0.3 is 9.64 Å². The highest BCUT2D eigenvalue weighted by atomic mass is 16.5. The van der Waals surface area contributed by atoms with Gasteiger partial charge in [-0.05, 0) is 33.7 Å². The van der Waals surface area contributed by atoms with Gasteiger partial charge >= 0.3 is 0 Å². The zero-order valence-electron chi connectivity index (χ0n) is 9.42. The molecule has 0 aliphatic carbocycles. The van der Waals surface area contributed by atoms with Gasteiger partial charge in [-0.15, -0.1) is 0 Å². The van der Waals surface area contributed by atoms with Gasteiger partial charge in [0.25, 0.3) is 0 Å². The molecule has 0 spiro atoms. The summed E-state index contributed by atoms with van der Waals surface area (Å²) >= 11 is 0. The fourth-order valence-electron chi connectivity index (χ4n) is 1.30. The Balaban J connectivity index is 3.38. The van der Waals surface area contributed by atoms with Gasteiger partial charge in [0.2, 0.25) is 0 Å². The van der Waals surface area contributed by atoms with Crippen molar-refractivity contribution in [3.63, 3.8) is 0 Å². The maximum Gasteiger partial charge on any atom is 0.0885 e. The van der Waals surface area contributed by atoms with E-state index < -0.39 is 0 Å². The quantitative estimate of drug-likeness (QED) is 0.446. The molecule has 0 aliphatic rings. The zero-order chi connectivity index (χ0) is 10.1. The number of nitrogens with zero attached hydrogens (tertiary/aromatic N) is 1. The van der Waals surface area contributed by atoms with Crippen molar-refractivity contribution in [1.29, 1.82) is 0 Å². The van der Waals surface area contributed by atoms with Gasteiger partial charge in [0.1, 0.15) is 0 Å². The summed E-state index contributed by atoms with van der Waals surface area (Å²) in [5.74, 6) is 0. The van der Waals surface area contributed by atoms with Gasteiger partial charge in [-0.2, -0.15) is 0 Å². The van der Waals surface area contributed by atoms with E-state index in [9.17, 15) is 0 Å². The Morgan fingerprint density at radius 2 is 2.08 bits per heavy atom. The molecule has 0 aliphatic heterocycles. The molecule has 0 heterocycles. The van der Waals surface area contributed by atoms with Crippen LogP contribution in [0.1, 0.15) is 34.1 Å². The summed E-state index contributed by atoms with van der Waals surface area (Å²) in [6.45, 7) is 11.7. The number of allylic oxidation sites excluding steroid dienone is 1. The Labute approximate surface area is 82.6 Å². The predicted molar refractivity (Wildman–Crippen MR) is 57.8 cm³/mol. The lowest BCUT2D eigenvalue weighted by Gasteiger charge is -2.24. The molecular formula is C11H23NO. The van der Waals surface area contributed by atoms with Crippen molar-refractivity contribution in [2.45, 2.75) is 40.2 Å². The lowest BCUT2D eigenvalue weighted by atomic mass is 10.3. The van der Waals surface area contributed by atoms with Gasteiger partial charge in [-0.1, -0.05) is 13.0 Å². The fourth-order valence-corrected chi connectivity index (χ4v) is 1.30. The van der Waals surface area contributed by atoms with Crippen LogP contribution in [0.2, 0.25) is 0 Å². The molecule has 0 rings (SSSR count). The van der Waals surface area contributed by atoms with E-state index in [0.29, 0.717) is 6.04 Å². The van der Waals surface area contributed by atoms with Crippen LogP contribution in [0.3, 0.4) is 0 Å². The minimum absolute atomic E-state index is 0.645. The topological polar surface area (TPSA) is 12.5 Å². The third kappa shape index (κ3) is 6.64. The molecular weight excluding hydrogens is 162 g/mol. The highest BCUT2D eigenvalue weighted by molar-refractivity contribution is 4.65. The van der Waals surface area contributed by atoms with Crippen LogP contribution in [0.5, 0.6) is 0 Å². The third-order valence-electron chi connectivity index (χ3n) is 2.08. The van der Waals surface area contributed by atoms with Crippen LogP contribution >= 0.6 is 0 Å². The highest BCUT2D eigenvalue weighted by Crippen LogP contribution is 1.98. The van der Waals surface area contributed by atoms with E-state index in [1.807, 2.05) is 13.0 Å². The average molecular weight is 185 g/mol. The summed E-state index contributed by atoms with van der Waals surface area (Å²) in [5, 5.41) is 0. The number of rotatable bonds is 7. The van der Waals surface area contributed by atoms with Gasteiger partial charge in [0.15, 0.2) is 0 Å². The summed E-state index contributed by atoms with van der Waals surface area (Å²) in [6.07, 6.45) is 4.78. The van der Waals surface area contributed by atoms with E-state index in [4.69, 9.17) is 4.74 Å². The van der Waals surface area contributed by atoms with Crippen LogP contribution in [0, 0.1) is 0 Å². The molecule has 0 radical (unpaired) electrons. The zero-order valence-corrected chi connectivity index (χ0v) is 9.42. The molecule has 0 bridgehead atoms. The first-order valence-corrected chi connectivity index (χ1v) is 5.19. The van der Waals surface area contributed by atoms with E-state index in [1.54, 1.807) is 6.26 Å². The first kappa shape index (κ1) is 12.5. The predicted octanol–water partition coefficient (Wildman–Crippen LogP) is 2.66. The Hall–Kier alpha value is -0.500. The molecule has 0 unspecified atom stereocenters. The van der Waals surface area contributed by atoms with Gasteiger partial charge in [0, 0.05) is 12.6 Å². The maximum absolute atomic E-state index is 5.25. The standard InChI is InChI=1S/C11H23NO/c1-5-9-13-10-7-8-12(6-2)11(3)4/h5,9,11H,6-8,10H2,1-4H3. The summed E-state index contributed by atoms with van der Waals surface area (Å²) in [5.41, 5.74) is 0. The Morgan fingerprint density at radius 3 is 2.54 bits per heavy atom. The van der Waals surface area contributed by atoms with E-state index in [-0.39, 0.29) is 0 Å². The molecule has 0 N–H and O–H groups in total. The van der Waals surface area contributed by atoms with Crippen LogP contribution in [0.25, 0.3) is 0 Å². The second-order valence-electron chi connectivity index (χ2n) is 3.42. The summed E-state index contributed by atoms with van der Waals surface area (Å²) in [6, 6.07) is 0.645.